The van der Waals surface area contributed by atoms with Crippen molar-refractivity contribution in [3.05, 3.63) is 63.9 Å². The van der Waals surface area contributed by atoms with Gasteiger partial charge >= 0.3 is 6.09 Å². The van der Waals surface area contributed by atoms with Crippen LogP contribution in [0.15, 0.2) is 42.5 Å². The van der Waals surface area contributed by atoms with Gasteiger partial charge in [0.2, 0.25) is 5.91 Å². The highest BCUT2D eigenvalue weighted by Crippen LogP contribution is 2.38. The van der Waals surface area contributed by atoms with E-state index < -0.39 is 17.5 Å². The number of carbonyl (C=O) groups is 2. The number of likely N-dealkylation sites (tertiary alicyclic amines) is 1. The Morgan fingerprint density at radius 3 is 2.37 bits per heavy atom. The molecule has 1 heterocycles. The van der Waals surface area contributed by atoms with Gasteiger partial charge in [-0.2, -0.15) is 0 Å². The molecular weight excluding hydrogens is 494 g/mol. The lowest BCUT2D eigenvalue weighted by molar-refractivity contribution is -0.137. The van der Waals surface area contributed by atoms with E-state index in [2.05, 4.69) is 0 Å². The van der Waals surface area contributed by atoms with Crippen LogP contribution in [0, 0.1) is 11.7 Å². The maximum absolute atomic E-state index is 13.4. The van der Waals surface area contributed by atoms with Crippen LogP contribution in [-0.4, -0.2) is 58.7 Å². The molecule has 2 unspecified atom stereocenters. The molecule has 2 fully saturated rings. The highest BCUT2D eigenvalue weighted by Gasteiger charge is 2.43. The summed E-state index contributed by atoms with van der Waals surface area (Å²) in [6, 6.07) is 10.2. The molecule has 0 radical (unpaired) electrons. The average Bonchev–Trinajstić information content (AvgIpc) is 3.27. The molecule has 1 N–H and O–H groups in total. The number of hydrogen-bond acceptors (Lipinski definition) is 4. The van der Waals surface area contributed by atoms with Crippen molar-refractivity contribution in [1.29, 1.82) is 0 Å². The molecule has 35 heavy (non-hydrogen) atoms. The number of hydrogen-bond donors (Lipinski definition) is 1. The molecule has 188 valence electrons. The fourth-order valence-electron chi connectivity index (χ4n) is 4.99. The summed E-state index contributed by atoms with van der Waals surface area (Å²) in [4.78, 5) is 29.6. The van der Waals surface area contributed by atoms with E-state index in [0.29, 0.717) is 48.8 Å². The number of ether oxygens (including phenoxy) is 1. The van der Waals surface area contributed by atoms with Gasteiger partial charge in [-0.05, 0) is 74.6 Å². The molecule has 0 spiro atoms. The lowest BCUT2D eigenvalue weighted by Gasteiger charge is -2.34. The largest absolute Gasteiger partial charge is 0.415 e. The zero-order chi connectivity index (χ0) is 25.3. The van der Waals surface area contributed by atoms with Gasteiger partial charge in [0.15, 0.2) is 0 Å². The van der Waals surface area contributed by atoms with Gasteiger partial charge in [0, 0.05) is 32.0 Å². The summed E-state index contributed by atoms with van der Waals surface area (Å²) >= 11 is 12.4. The van der Waals surface area contributed by atoms with E-state index in [1.807, 2.05) is 13.0 Å². The van der Waals surface area contributed by atoms with Crippen LogP contribution < -0.4 is 4.74 Å². The first-order valence-electron chi connectivity index (χ1n) is 11.7. The van der Waals surface area contributed by atoms with E-state index in [0.717, 1.165) is 5.56 Å². The molecule has 6 nitrogen and oxygen atoms in total. The Labute approximate surface area is 214 Å². The van der Waals surface area contributed by atoms with Gasteiger partial charge in [-0.15, -0.1) is 0 Å². The molecule has 1 saturated heterocycles. The first-order valence-corrected chi connectivity index (χ1v) is 12.5. The van der Waals surface area contributed by atoms with Crippen molar-refractivity contribution in [3.8, 4) is 5.75 Å². The highest BCUT2D eigenvalue weighted by atomic mass is 35.5. The maximum Gasteiger partial charge on any atom is 0.415 e. The first kappa shape index (κ1) is 25.7. The van der Waals surface area contributed by atoms with Crippen LogP contribution in [0.3, 0.4) is 0 Å². The smallest absolute Gasteiger partial charge is 0.410 e. The monoisotopic (exact) mass is 522 g/mol. The summed E-state index contributed by atoms with van der Waals surface area (Å²) in [6.07, 6.45) is 1.83. The van der Waals surface area contributed by atoms with E-state index in [-0.39, 0.29) is 29.5 Å². The van der Waals surface area contributed by atoms with Gasteiger partial charge in [0.05, 0.1) is 21.7 Å². The SMILES string of the molecule is CN(C(=O)Oc1ccc(F)cc1)C1CN(C(=O)C2CCC(C)(O)CC2)CC1c1ccc(Cl)c(Cl)c1. The van der Waals surface area contributed by atoms with Crippen molar-refractivity contribution < 1.29 is 23.8 Å². The molecular formula is C26H29Cl2FN2O4. The third-order valence-electron chi connectivity index (χ3n) is 7.19. The van der Waals surface area contributed by atoms with Crippen molar-refractivity contribution >= 4 is 35.2 Å². The van der Waals surface area contributed by atoms with Crippen molar-refractivity contribution in [2.75, 3.05) is 20.1 Å². The van der Waals surface area contributed by atoms with Gasteiger partial charge in [-0.3, -0.25) is 4.79 Å². The molecule has 2 aromatic carbocycles. The predicted octanol–water partition coefficient (Wildman–Crippen LogP) is 5.50. The van der Waals surface area contributed by atoms with Crippen molar-refractivity contribution in [1.82, 2.24) is 9.80 Å². The fraction of sp³-hybridized carbons (Fsp3) is 0.462. The summed E-state index contributed by atoms with van der Waals surface area (Å²) in [6.45, 7) is 2.57. The summed E-state index contributed by atoms with van der Waals surface area (Å²) in [5.74, 6) is -0.513. The average molecular weight is 523 g/mol. The number of nitrogens with zero attached hydrogens (tertiary/aromatic N) is 2. The van der Waals surface area contributed by atoms with E-state index in [1.165, 1.54) is 29.2 Å². The molecule has 2 aliphatic rings. The Hall–Kier alpha value is -2.35. The van der Waals surface area contributed by atoms with Crippen LogP contribution in [0.1, 0.15) is 44.1 Å². The molecule has 4 rings (SSSR count). The lowest BCUT2D eigenvalue weighted by Crippen LogP contribution is -2.44. The standard InChI is InChI=1S/C26H29Cl2FN2O4/c1-26(34)11-9-16(10-12-26)24(32)31-14-20(17-3-8-21(27)22(28)13-17)23(15-31)30(2)25(33)35-19-6-4-18(29)5-7-19/h3-8,13,16,20,23,34H,9-12,14-15H2,1-2H3. The first-order chi connectivity index (χ1) is 16.5. The Balaban J connectivity index is 1.54. The van der Waals surface area contributed by atoms with Crippen LogP contribution >= 0.6 is 23.2 Å². The zero-order valence-electron chi connectivity index (χ0n) is 19.7. The molecule has 2 amide bonds. The Kier molecular flexibility index (Phi) is 7.60. The second-order valence-corrected chi connectivity index (χ2v) is 10.6. The van der Waals surface area contributed by atoms with Crippen molar-refractivity contribution in [3.63, 3.8) is 0 Å². The van der Waals surface area contributed by atoms with E-state index in [4.69, 9.17) is 27.9 Å². The number of halogens is 3. The van der Waals surface area contributed by atoms with Gasteiger partial charge in [-0.25, -0.2) is 9.18 Å². The number of rotatable bonds is 4. The molecule has 2 atom stereocenters. The van der Waals surface area contributed by atoms with Crippen LogP contribution in [0.4, 0.5) is 9.18 Å². The maximum atomic E-state index is 13.4. The Morgan fingerprint density at radius 1 is 1.09 bits per heavy atom. The molecule has 0 aromatic heterocycles. The summed E-state index contributed by atoms with van der Waals surface area (Å²) in [5.41, 5.74) is 0.143. The number of carbonyl (C=O) groups excluding carboxylic acids is 2. The zero-order valence-corrected chi connectivity index (χ0v) is 21.2. The third kappa shape index (κ3) is 5.90. The Morgan fingerprint density at radius 2 is 1.74 bits per heavy atom. The number of amides is 2. The van der Waals surface area contributed by atoms with E-state index in [9.17, 15) is 19.1 Å². The van der Waals surface area contributed by atoms with Crippen LogP contribution in [-0.2, 0) is 4.79 Å². The van der Waals surface area contributed by atoms with Crippen LogP contribution in [0.25, 0.3) is 0 Å². The summed E-state index contributed by atoms with van der Waals surface area (Å²) in [5, 5.41) is 11.1. The molecule has 1 aliphatic heterocycles. The van der Waals surface area contributed by atoms with Gasteiger partial charge in [0.25, 0.3) is 0 Å². The van der Waals surface area contributed by atoms with Crippen molar-refractivity contribution in [2.24, 2.45) is 5.92 Å². The predicted molar refractivity (Wildman–Crippen MR) is 132 cm³/mol. The minimum absolute atomic E-state index is 0.0355. The lowest BCUT2D eigenvalue weighted by atomic mass is 9.79. The third-order valence-corrected chi connectivity index (χ3v) is 7.93. The van der Waals surface area contributed by atoms with Gasteiger partial charge in [-0.1, -0.05) is 29.3 Å². The second kappa shape index (κ2) is 10.3. The van der Waals surface area contributed by atoms with E-state index in [1.54, 1.807) is 24.1 Å². The molecule has 2 aromatic rings. The van der Waals surface area contributed by atoms with E-state index >= 15 is 0 Å². The number of benzene rings is 2. The molecule has 0 bridgehead atoms. The quantitative estimate of drug-likeness (QED) is 0.575. The topological polar surface area (TPSA) is 70.1 Å². The molecule has 1 saturated carbocycles. The fourth-order valence-corrected chi connectivity index (χ4v) is 5.29. The van der Waals surface area contributed by atoms with Crippen molar-refractivity contribution in [2.45, 2.75) is 50.2 Å². The van der Waals surface area contributed by atoms with Gasteiger partial charge < -0.3 is 19.6 Å². The highest BCUT2D eigenvalue weighted by molar-refractivity contribution is 6.42. The normalized spacial score (nSPS) is 26.5. The second-order valence-electron chi connectivity index (χ2n) is 9.79. The summed E-state index contributed by atoms with van der Waals surface area (Å²) in [7, 11) is 1.63. The van der Waals surface area contributed by atoms with Gasteiger partial charge in [0.1, 0.15) is 11.6 Å². The molecule has 1 aliphatic carbocycles. The molecule has 9 heteroatoms. The minimum Gasteiger partial charge on any atom is -0.410 e. The number of aliphatic hydroxyl groups is 1. The number of likely N-dealkylation sites (N-methyl/N-ethyl adjacent to an activating group) is 1. The van der Waals surface area contributed by atoms with Crippen LogP contribution in [0.5, 0.6) is 5.75 Å². The Bertz CT molecular complexity index is 1090. The minimum atomic E-state index is -0.725. The van der Waals surface area contributed by atoms with Crippen LogP contribution in [0.2, 0.25) is 10.0 Å². The summed E-state index contributed by atoms with van der Waals surface area (Å²) < 4.78 is 18.7.